The second-order valence-corrected chi connectivity index (χ2v) is 7.76. The molecule has 0 bridgehead atoms. The Hall–Kier alpha value is -2.74. The van der Waals surface area contributed by atoms with Crippen LogP contribution in [0.4, 0.5) is 0 Å². The van der Waals surface area contributed by atoms with Gasteiger partial charge in [0.25, 0.3) is 5.56 Å². The van der Waals surface area contributed by atoms with Crippen molar-refractivity contribution >= 4 is 23.2 Å². The summed E-state index contributed by atoms with van der Waals surface area (Å²) in [6, 6.07) is 10.7. The molecule has 7 nitrogen and oxygen atoms in total. The van der Waals surface area contributed by atoms with Crippen molar-refractivity contribution in [2.24, 2.45) is 0 Å². The lowest BCUT2D eigenvalue weighted by Crippen LogP contribution is -2.35. The van der Waals surface area contributed by atoms with E-state index in [-0.39, 0.29) is 17.9 Å². The number of rotatable bonds is 6. The summed E-state index contributed by atoms with van der Waals surface area (Å²) >= 11 is 5.87. The molecule has 8 heteroatoms. The Morgan fingerprint density at radius 3 is 2.63 bits per heavy atom. The van der Waals surface area contributed by atoms with Crippen LogP contribution in [0.1, 0.15) is 16.7 Å². The molecule has 0 saturated carbocycles. The van der Waals surface area contributed by atoms with Gasteiger partial charge in [-0.3, -0.25) is 18.9 Å². The van der Waals surface area contributed by atoms with E-state index in [4.69, 9.17) is 16.3 Å². The first-order valence-corrected chi connectivity index (χ1v) is 10.3. The van der Waals surface area contributed by atoms with Crippen molar-refractivity contribution in [1.82, 2.24) is 19.6 Å². The lowest BCUT2D eigenvalue weighted by atomic mass is 10.1. The zero-order chi connectivity index (χ0) is 20.9. The highest BCUT2D eigenvalue weighted by molar-refractivity contribution is 6.30. The van der Waals surface area contributed by atoms with Crippen molar-refractivity contribution in [1.29, 1.82) is 0 Å². The van der Waals surface area contributed by atoms with Crippen LogP contribution in [0.25, 0.3) is 5.65 Å². The summed E-state index contributed by atoms with van der Waals surface area (Å²) < 4.78 is 6.90. The number of aromatic nitrogens is 2. The second kappa shape index (κ2) is 9.38. The van der Waals surface area contributed by atoms with E-state index in [0.717, 1.165) is 37.4 Å². The number of nitrogens with zero attached hydrogens (tertiary/aromatic N) is 3. The fourth-order valence-corrected chi connectivity index (χ4v) is 3.56. The van der Waals surface area contributed by atoms with Crippen LogP contribution >= 0.6 is 11.6 Å². The van der Waals surface area contributed by atoms with Gasteiger partial charge >= 0.3 is 0 Å². The standard InChI is InChI=1S/C22H23ClN4O3/c23-19-4-1-16(2-5-19)12-25-21(28)11-18-3-6-20-24-13-17(15-27(20)22(18)29)14-26-7-9-30-10-8-26/h1-6,13,15H,7-12,14H2,(H,25,28). The maximum Gasteiger partial charge on any atom is 0.259 e. The first-order valence-electron chi connectivity index (χ1n) is 9.89. The van der Waals surface area contributed by atoms with Gasteiger partial charge < -0.3 is 10.1 Å². The molecule has 1 aliphatic heterocycles. The Balaban J connectivity index is 1.45. The van der Waals surface area contributed by atoms with Crippen molar-refractivity contribution in [2.75, 3.05) is 26.3 Å². The first kappa shape index (κ1) is 20.5. The molecule has 2 aromatic heterocycles. The summed E-state index contributed by atoms with van der Waals surface area (Å²) in [7, 11) is 0. The van der Waals surface area contributed by atoms with Gasteiger partial charge in [0, 0.05) is 54.7 Å². The number of carbonyl (C=O) groups is 1. The van der Waals surface area contributed by atoms with Crippen LogP contribution < -0.4 is 10.9 Å². The minimum Gasteiger partial charge on any atom is -0.379 e. The number of nitrogens with one attached hydrogen (secondary N) is 1. The summed E-state index contributed by atoms with van der Waals surface area (Å²) in [6.07, 6.45) is 3.63. The van der Waals surface area contributed by atoms with E-state index in [0.29, 0.717) is 29.3 Å². The van der Waals surface area contributed by atoms with Crippen LogP contribution in [0.3, 0.4) is 0 Å². The number of fused-ring (bicyclic) bond motifs is 1. The quantitative estimate of drug-likeness (QED) is 0.652. The number of amides is 1. The fraction of sp³-hybridized carbons (Fsp3) is 0.318. The summed E-state index contributed by atoms with van der Waals surface area (Å²) in [5.41, 5.74) is 2.68. The predicted octanol–water partition coefficient (Wildman–Crippen LogP) is 2.04. The van der Waals surface area contributed by atoms with Gasteiger partial charge in [-0.05, 0) is 29.8 Å². The van der Waals surface area contributed by atoms with E-state index in [1.54, 1.807) is 30.5 Å². The molecule has 1 amide bonds. The third-order valence-electron chi connectivity index (χ3n) is 5.10. The van der Waals surface area contributed by atoms with Gasteiger partial charge in [-0.25, -0.2) is 4.98 Å². The molecule has 1 N–H and O–H groups in total. The van der Waals surface area contributed by atoms with E-state index in [2.05, 4.69) is 15.2 Å². The molecule has 1 aliphatic rings. The van der Waals surface area contributed by atoms with Crippen molar-refractivity contribution < 1.29 is 9.53 Å². The molecule has 0 aliphatic carbocycles. The summed E-state index contributed by atoms with van der Waals surface area (Å²) in [4.78, 5) is 31.9. The third kappa shape index (κ3) is 5.05. The van der Waals surface area contributed by atoms with Crippen LogP contribution in [0.15, 0.2) is 53.6 Å². The van der Waals surface area contributed by atoms with Crippen LogP contribution in [0.2, 0.25) is 5.02 Å². The number of benzene rings is 1. The molecule has 156 valence electrons. The molecule has 0 unspecified atom stereocenters. The van der Waals surface area contributed by atoms with Gasteiger partial charge in [-0.2, -0.15) is 0 Å². The van der Waals surface area contributed by atoms with Gasteiger partial charge in [0.1, 0.15) is 5.65 Å². The lowest BCUT2D eigenvalue weighted by molar-refractivity contribution is -0.120. The topological polar surface area (TPSA) is 75.9 Å². The molecule has 4 rings (SSSR count). The highest BCUT2D eigenvalue weighted by atomic mass is 35.5. The van der Waals surface area contributed by atoms with Crippen molar-refractivity contribution in [2.45, 2.75) is 19.5 Å². The molecule has 0 radical (unpaired) electrons. The van der Waals surface area contributed by atoms with Gasteiger partial charge in [-0.15, -0.1) is 0 Å². The Bertz CT molecular complexity index is 1090. The van der Waals surface area contributed by atoms with Crippen LogP contribution in [0, 0.1) is 0 Å². The Morgan fingerprint density at radius 1 is 1.10 bits per heavy atom. The molecule has 1 fully saturated rings. The van der Waals surface area contributed by atoms with Gasteiger partial charge in [0.05, 0.1) is 19.6 Å². The summed E-state index contributed by atoms with van der Waals surface area (Å²) in [5.74, 6) is -0.209. The average Bonchev–Trinajstić information content (AvgIpc) is 2.76. The number of hydrogen-bond acceptors (Lipinski definition) is 5. The van der Waals surface area contributed by atoms with Crippen LogP contribution in [-0.2, 0) is 29.0 Å². The van der Waals surface area contributed by atoms with E-state index in [9.17, 15) is 9.59 Å². The molecule has 3 aromatic rings. The number of pyridine rings is 1. The van der Waals surface area contributed by atoms with E-state index >= 15 is 0 Å². The second-order valence-electron chi connectivity index (χ2n) is 7.32. The Labute approximate surface area is 179 Å². The minimum atomic E-state index is -0.217. The maximum atomic E-state index is 12.9. The predicted molar refractivity (Wildman–Crippen MR) is 115 cm³/mol. The van der Waals surface area contributed by atoms with E-state index < -0.39 is 0 Å². The molecule has 3 heterocycles. The molecule has 0 spiro atoms. The summed E-state index contributed by atoms with van der Waals surface area (Å²) in [6.45, 7) is 4.26. The lowest BCUT2D eigenvalue weighted by Gasteiger charge is -2.26. The Morgan fingerprint density at radius 2 is 1.87 bits per heavy atom. The minimum absolute atomic E-state index is 0.0169. The van der Waals surface area contributed by atoms with Gasteiger partial charge in [0.2, 0.25) is 5.91 Å². The number of morpholine rings is 1. The van der Waals surface area contributed by atoms with Crippen molar-refractivity contribution in [3.63, 3.8) is 0 Å². The number of carbonyl (C=O) groups excluding carboxylic acids is 1. The van der Waals surface area contributed by atoms with Gasteiger partial charge in [0.15, 0.2) is 0 Å². The van der Waals surface area contributed by atoms with Crippen molar-refractivity contribution in [3.05, 3.63) is 80.9 Å². The van der Waals surface area contributed by atoms with Gasteiger partial charge in [-0.1, -0.05) is 23.7 Å². The number of ether oxygens (including phenoxy) is 1. The normalized spacial score (nSPS) is 14.7. The average molecular weight is 427 g/mol. The highest BCUT2D eigenvalue weighted by Gasteiger charge is 2.13. The highest BCUT2D eigenvalue weighted by Crippen LogP contribution is 2.10. The first-order chi connectivity index (χ1) is 14.6. The molecule has 30 heavy (non-hydrogen) atoms. The van der Waals surface area contributed by atoms with Crippen LogP contribution in [0.5, 0.6) is 0 Å². The third-order valence-corrected chi connectivity index (χ3v) is 5.35. The van der Waals surface area contributed by atoms with Crippen molar-refractivity contribution in [3.8, 4) is 0 Å². The zero-order valence-electron chi connectivity index (χ0n) is 16.5. The zero-order valence-corrected chi connectivity index (χ0v) is 17.3. The molecule has 1 aromatic carbocycles. The Kier molecular flexibility index (Phi) is 6.42. The summed E-state index contributed by atoms with van der Waals surface area (Å²) in [5, 5.41) is 3.49. The molecular weight excluding hydrogens is 404 g/mol. The smallest absolute Gasteiger partial charge is 0.259 e. The van der Waals surface area contributed by atoms with E-state index in [1.807, 2.05) is 18.3 Å². The van der Waals surface area contributed by atoms with E-state index in [1.165, 1.54) is 4.40 Å². The molecule has 1 saturated heterocycles. The monoisotopic (exact) mass is 426 g/mol. The number of hydrogen-bond donors (Lipinski definition) is 1. The SMILES string of the molecule is O=C(Cc1ccc2ncc(CN3CCOCC3)cn2c1=O)NCc1ccc(Cl)cc1. The molecular formula is C22H23ClN4O3. The number of halogens is 1. The van der Waals surface area contributed by atoms with Crippen LogP contribution in [-0.4, -0.2) is 46.5 Å². The molecule has 0 atom stereocenters. The fourth-order valence-electron chi connectivity index (χ4n) is 3.44. The maximum absolute atomic E-state index is 12.9. The largest absolute Gasteiger partial charge is 0.379 e.